The molecule has 2 N–H and O–H groups in total. The Balaban J connectivity index is 5.16. The van der Waals surface area contributed by atoms with Gasteiger partial charge in [-0.25, -0.2) is 4.57 Å². The van der Waals surface area contributed by atoms with Crippen molar-refractivity contribution in [3.63, 3.8) is 0 Å². The van der Waals surface area contributed by atoms with Crippen molar-refractivity contribution in [1.82, 2.24) is 5.32 Å². The molecule has 0 aromatic rings. The largest absolute Gasteiger partial charge is 0.472 e. The number of allylic oxidation sites excluding steroid dienone is 13. The molecule has 0 fully saturated rings. The molecule has 79 heavy (non-hydrogen) atoms. The number of esters is 1. The fraction of sp³-hybridized carbons (Fsp3) is 0.768. The number of unbranched alkanes of at least 4 members (excludes halogenated alkanes) is 31. The molecule has 1 amide bonds. The first kappa shape index (κ1) is 76.2. The van der Waals surface area contributed by atoms with E-state index in [1.165, 1.54) is 154 Å². The summed E-state index contributed by atoms with van der Waals surface area (Å²) < 4.78 is 30.7. The molecule has 0 heterocycles. The Kier molecular flexibility index (Phi) is 56.3. The van der Waals surface area contributed by atoms with Crippen LogP contribution in [0.25, 0.3) is 0 Å². The van der Waals surface area contributed by atoms with Crippen molar-refractivity contribution < 1.29 is 37.3 Å². The molecule has 3 unspecified atom stereocenters. The van der Waals surface area contributed by atoms with Crippen LogP contribution in [-0.2, 0) is 27.9 Å². The lowest BCUT2D eigenvalue weighted by atomic mass is 10.0. The highest BCUT2D eigenvalue weighted by atomic mass is 31.2. The van der Waals surface area contributed by atoms with Crippen LogP contribution in [0.15, 0.2) is 85.1 Å². The minimum Gasteiger partial charge on any atom is -0.456 e. The van der Waals surface area contributed by atoms with E-state index < -0.39 is 20.0 Å². The monoisotopic (exact) mass is 1130 g/mol. The predicted octanol–water partition coefficient (Wildman–Crippen LogP) is 20.6. The van der Waals surface area contributed by atoms with E-state index in [0.29, 0.717) is 17.4 Å². The average molecular weight is 1130 g/mol. The smallest absolute Gasteiger partial charge is 0.456 e. The molecule has 0 spiro atoms. The summed E-state index contributed by atoms with van der Waals surface area (Å²) >= 11 is 0. The van der Waals surface area contributed by atoms with E-state index in [0.717, 1.165) is 103 Å². The van der Waals surface area contributed by atoms with Crippen molar-refractivity contribution in [2.24, 2.45) is 0 Å². The third kappa shape index (κ3) is 59.6. The maximum atomic E-state index is 13.6. The SMILES string of the molecule is CC/C=C\C/C=C\C/C=C\C/C=C\C/C=C\CCCCCCCCCC(=O)NC(COP(=O)(O)OCC[N+](C)(C)C)C(/C=C\CCCCCCCCCCC)OC(=O)CCCCCCCCCCC/C=C/CCCCCCCC. The normalized spacial score (nSPS) is 14.2. The van der Waals surface area contributed by atoms with Gasteiger partial charge in [0.1, 0.15) is 19.3 Å². The molecule has 10 heteroatoms. The molecule has 0 aliphatic rings. The van der Waals surface area contributed by atoms with Gasteiger partial charge in [-0.3, -0.25) is 18.6 Å². The van der Waals surface area contributed by atoms with E-state index in [2.05, 4.69) is 99.0 Å². The van der Waals surface area contributed by atoms with Crippen molar-refractivity contribution in [2.75, 3.05) is 40.9 Å². The van der Waals surface area contributed by atoms with Crippen LogP contribution >= 0.6 is 7.82 Å². The molecule has 0 rings (SSSR count). The molecule has 458 valence electrons. The fourth-order valence-electron chi connectivity index (χ4n) is 9.26. The Labute approximate surface area is 488 Å². The van der Waals surface area contributed by atoms with Gasteiger partial charge >= 0.3 is 13.8 Å². The quantitative estimate of drug-likeness (QED) is 0.0205. The zero-order valence-corrected chi connectivity index (χ0v) is 53.2. The summed E-state index contributed by atoms with van der Waals surface area (Å²) in [5, 5.41) is 3.06. The van der Waals surface area contributed by atoms with Crippen LogP contribution in [-0.4, -0.2) is 74.3 Å². The van der Waals surface area contributed by atoms with Crippen molar-refractivity contribution >= 4 is 19.7 Å². The first-order valence-corrected chi connectivity index (χ1v) is 34.4. The highest BCUT2D eigenvalue weighted by Gasteiger charge is 2.30. The number of nitrogens with one attached hydrogen (secondary N) is 1. The molecular formula is C69H126N2O7P+. The third-order valence-corrected chi connectivity index (χ3v) is 15.3. The number of nitrogens with zero attached hydrogens (tertiary/aromatic N) is 1. The second-order valence-electron chi connectivity index (χ2n) is 23.3. The number of hydrogen-bond donors (Lipinski definition) is 2. The van der Waals surface area contributed by atoms with Crippen LogP contribution in [0, 0.1) is 0 Å². The number of carbonyl (C=O) groups excluding carboxylic acids is 2. The summed E-state index contributed by atoms with van der Waals surface area (Å²) in [5.41, 5.74) is 0. The maximum Gasteiger partial charge on any atom is 0.472 e. The van der Waals surface area contributed by atoms with Crippen LogP contribution in [0.4, 0.5) is 0 Å². The van der Waals surface area contributed by atoms with Gasteiger partial charge in [0.15, 0.2) is 0 Å². The third-order valence-electron chi connectivity index (χ3n) is 14.3. The number of carbonyl (C=O) groups is 2. The number of phosphoric acid groups is 1. The first-order valence-electron chi connectivity index (χ1n) is 32.9. The van der Waals surface area contributed by atoms with Crippen molar-refractivity contribution in [3.8, 4) is 0 Å². The van der Waals surface area contributed by atoms with Crippen LogP contribution in [0.5, 0.6) is 0 Å². The molecule has 0 aromatic heterocycles. The topological polar surface area (TPSA) is 111 Å². The van der Waals surface area contributed by atoms with Crippen LogP contribution in [0.1, 0.15) is 290 Å². The summed E-state index contributed by atoms with van der Waals surface area (Å²) in [4.78, 5) is 37.8. The van der Waals surface area contributed by atoms with Gasteiger partial charge in [-0.2, -0.15) is 0 Å². The first-order chi connectivity index (χ1) is 38.4. The molecule has 0 saturated heterocycles. The Morgan fingerprint density at radius 3 is 1.23 bits per heavy atom. The van der Waals surface area contributed by atoms with E-state index in [9.17, 15) is 19.0 Å². The summed E-state index contributed by atoms with van der Waals surface area (Å²) in [7, 11) is 1.48. The van der Waals surface area contributed by atoms with Gasteiger partial charge in [-0.15, -0.1) is 0 Å². The van der Waals surface area contributed by atoms with E-state index in [4.69, 9.17) is 13.8 Å². The van der Waals surface area contributed by atoms with Gasteiger partial charge in [0.25, 0.3) is 0 Å². The van der Waals surface area contributed by atoms with Crippen LogP contribution in [0.2, 0.25) is 0 Å². The van der Waals surface area contributed by atoms with Gasteiger partial charge < -0.3 is 19.4 Å². The van der Waals surface area contributed by atoms with Crippen molar-refractivity contribution in [2.45, 2.75) is 303 Å². The highest BCUT2D eigenvalue weighted by Crippen LogP contribution is 2.43. The molecule has 3 atom stereocenters. The Hall–Kier alpha value is -2.81. The maximum absolute atomic E-state index is 13.6. The van der Waals surface area contributed by atoms with Crippen LogP contribution < -0.4 is 5.32 Å². The average Bonchev–Trinajstić information content (AvgIpc) is 3.41. The number of hydrogen-bond acceptors (Lipinski definition) is 6. The van der Waals surface area contributed by atoms with E-state index in [1.54, 1.807) is 0 Å². The number of phosphoric ester groups is 1. The van der Waals surface area contributed by atoms with Gasteiger partial charge in [0.2, 0.25) is 5.91 Å². The molecule has 0 radical (unpaired) electrons. The number of ether oxygens (including phenoxy) is 1. The Morgan fingerprint density at radius 2 is 0.810 bits per heavy atom. The van der Waals surface area contributed by atoms with Crippen molar-refractivity contribution in [3.05, 3.63) is 85.1 Å². The van der Waals surface area contributed by atoms with Gasteiger partial charge in [-0.05, 0) is 102 Å². The second-order valence-corrected chi connectivity index (χ2v) is 24.7. The predicted molar refractivity (Wildman–Crippen MR) is 341 cm³/mol. The Bertz CT molecular complexity index is 1630. The lowest BCUT2D eigenvalue weighted by Gasteiger charge is -2.27. The lowest BCUT2D eigenvalue weighted by molar-refractivity contribution is -0.870. The fourth-order valence-corrected chi connectivity index (χ4v) is 9.99. The minimum atomic E-state index is -4.46. The zero-order valence-electron chi connectivity index (χ0n) is 52.3. The summed E-state index contributed by atoms with van der Waals surface area (Å²) in [6, 6.07) is -0.859. The van der Waals surface area contributed by atoms with Crippen molar-refractivity contribution in [1.29, 1.82) is 0 Å². The van der Waals surface area contributed by atoms with E-state index in [1.807, 2.05) is 33.3 Å². The number of likely N-dealkylation sites (N-methyl/N-ethyl adjacent to an activating group) is 1. The summed E-state index contributed by atoms with van der Waals surface area (Å²) in [6.07, 6.45) is 77.2. The Morgan fingerprint density at radius 1 is 0.456 bits per heavy atom. The zero-order chi connectivity index (χ0) is 57.9. The standard InChI is InChI=1S/C69H125N2O7P/c1-7-10-13-16-19-22-25-27-29-31-33-34-35-36-38-39-41-43-46-49-52-55-58-61-68(72)70-66(65-77-79(74,75)76-64-63-71(4,5)6)67(60-57-54-51-48-45-24-21-18-15-12-9-3)78-69(73)62-59-56-53-50-47-44-42-40-37-32-30-28-26-23-20-17-14-11-8-2/h10,13,19,22,27-30,33-34,36,38,57,60,66-67H,7-9,11-12,14-18,20-21,23-26,31-32,35,37,39-56,58-59,61-65H2,1-6H3,(H-,70,72,74,75)/p+1/b13-10-,22-19-,29-27-,30-28+,34-33-,38-36-,60-57-. The van der Waals surface area contributed by atoms with Gasteiger partial charge in [0.05, 0.1) is 33.8 Å². The molecule has 0 aliphatic carbocycles. The van der Waals surface area contributed by atoms with Crippen LogP contribution in [0.3, 0.4) is 0 Å². The number of quaternary nitrogens is 1. The molecule has 0 bridgehead atoms. The second kappa shape index (κ2) is 58.4. The van der Waals surface area contributed by atoms with Gasteiger partial charge in [0, 0.05) is 12.8 Å². The molecule has 9 nitrogen and oxygen atoms in total. The van der Waals surface area contributed by atoms with E-state index in [-0.39, 0.29) is 31.5 Å². The molecular weight excluding hydrogens is 1000 g/mol. The molecule has 0 aromatic carbocycles. The van der Waals surface area contributed by atoms with Gasteiger partial charge in [-0.1, -0.05) is 260 Å². The lowest BCUT2D eigenvalue weighted by Crippen LogP contribution is -2.47. The highest BCUT2D eigenvalue weighted by molar-refractivity contribution is 7.47. The van der Waals surface area contributed by atoms with E-state index >= 15 is 0 Å². The minimum absolute atomic E-state index is 0.0346. The number of amides is 1. The molecule has 0 aliphatic heterocycles. The summed E-state index contributed by atoms with van der Waals surface area (Å²) in [6.45, 7) is 6.89. The summed E-state index contributed by atoms with van der Waals surface area (Å²) in [5.74, 6) is -0.518. The number of rotatable bonds is 59. The molecule has 0 saturated carbocycles.